The molecule has 3 nitrogen and oxygen atoms in total. The van der Waals surface area contributed by atoms with E-state index in [2.05, 4.69) is 0 Å². The molecule has 1 aromatic heterocycles. The summed E-state index contributed by atoms with van der Waals surface area (Å²) < 4.78 is 5.65. The van der Waals surface area contributed by atoms with Crippen LogP contribution in [-0.2, 0) is 4.79 Å². The van der Waals surface area contributed by atoms with Crippen molar-refractivity contribution in [3.63, 3.8) is 0 Å². The average molecular weight is 323 g/mol. The van der Waals surface area contributed by atoms with E-state index < -0.39 is 5.97 Å². The monoisotopic (exact) mass is 322 g/mol. The number of hydrogen-bond donors (Lipinski definition) is 1. The van der Waals surface area contributed by atoms with Crippen molar-refractivity contribution in [2.45, 2.75) is 13.3 Å². The predicted molar refractivity (Wildman–Crippen MR) is 87.1 cm³/mol. The molecular weight excluding hydrogens is 308 g/mol. The van der Waals surface area contributed by atoms with Crippen LogP contribution in [0.4, 0.5) is 0 Å². The maximum absolute atomic E-state index is 11.5. The van der Waals surface area contributed by atoms with Gasteiger partial charge in [-0.2, -0.15) is 0 Å². The lowest BCUT2D eigenvalue weighted by Crippen LogP contribution is -2.00. The fourth-order valence-electron chi connectivity index (χ4n) is 1.80. The summed E-state index contributed by atoms with van der Waals surface area (Å²) in [5.74, 6) is -0.338. The first-order chi connectivity index (χ1) is 10.1. The number of rotatable bonds is 6. The van der Waals surface area contributed by atoms with E-state index in [1.54, 1.807) is 30.3 Å². The summed E-state index contributed by atoms with van der Waals surface area (Å²) in [6, 6.07) is 8.81. The van der Waals surface area contributed by atoms with E-state index in [-0.39, 0.29) is 5.57 Å². The molecule has 1 aromatic carbocycles. The van der Waals surface area contributed by atoms with Crippen LogP contribution in [0.5, 0.6) is 5.75 Å². The van der Waals surface area contributed by atoms with Gasteiger partial charge in [0.1, 0.15) is 5.75 Å². The van der Waals surface area contributed by atoms with E-state index in [0.717, 1.165) is 6.42 Å². The summed E-state index contributed by atoms with van der Waals surface area (Å²) in [5.41, 5.74) is 0.898. The average Bonchev–Trinajstić information content (AvgIpc) is 2.97. The molecule has 0 radical (unpaired) electrons. The van der Waals surface area contributed by atoms with Crippen molar-refractivity contribution in [2.75, 3.05) is 6.61 Å². The Labute approximate surface area is 132 Å². The van der Waals surface area contributed by atoms with Crippen LogP contribution >= 0.6 is 22.9 Å². The number of aliphatic carboxylic acids is 1. The number of benzene rings is 1. The Balaban J connectivity index is 2.45. The Bertz CT molecular complexity index is 648. The van der Waals surface area contributed by atoms with E-state index in [1.807, 2.05) is 18.4 Å². The third-order valence-electron chi connectivity index (χ3n) is 2.75. The Hall–Kier alpha value is -1.78. The molecular formula is C16H15ClO3S. The molecule has 0 amide bonds. The highest BCUT2D eigenvalue weighted by atomic mass is 35.5. The molecule has 2 rings (SSSR count). The van der Waals surface area contributed by atoms with Gasteiger partial charge in [-0.05, 0) is 42.1 Å². The van der Waals surface area contributed by atoms with Gasteiger partial charge in [0.2, 0.25) is 0 Å². The lowest BCUT2D eigenvalue weighted by molar-refractivity contribution is -0.130. The van der Waals surface area contributed by atoms with Crippen molar-refractivity contribution in [2.24, 2.45) is 0 Å². The highest BCUT2D eigenvalue weighted by Crippen LogP contribution is 2.29. The molecule has 2 aromatic rings. The molecule has 0 fully saturated rings. The van der Waals surface area contributed by atoms with E-state index in [4.69, 9.17) is 16.3 Å². The summed E-state index contributed by atoms with van der Waals surface area (Å²) in [4.78, 5) is 12.2. The minimum absolute atomic E-state index is 0.230. The molecule has 0 spiro atoms. The Kier molecular flexibility index (Phi) is 5.42. The number of carbonyl (C=O) groups is 1. The standard InChI is InChI=1S/C16H15ClO3S/c1-2-7-20-14-6-5-12(17)9-11(14)10-13(16(18)19)15-4-3-8-21-15/h3-6,8-10H,2,7H2,1H3,(H,18,19)/b13-10-. The van der Waals surface area contributed by atoms with E-state index in [1.165, 1.54) is 11.3 Å². The minimum atomic E-state index is -0.973. The van der Waals surface area contributed by atoms with Crippen LogP contribution in [0.2, 0.25) is 5.02 Å². The molecule has 5 heteroatoms. The first kappa shape index (κ1) is 15.6. The van der Waals surface area contributed by atoms with E-state index in [0.29, 0.717) is 27.8 Å². The van der Waals surface area contributed by atoms with Gasteiger partial charge in [-0.3, -0.25) is 0 Å². The first-order valence-corrected chi connectivity index (χ1v) is 7.78. The van der Waals surface area contributed by atoms with Gasteiger partial charge in [0.25, 0.3) is 0 Å². The van der Waals surface area contributed by atoms with Crippen LogP contribution in [0.15, 0.2) is 35.7 Å². The first-order valence-electron chi connectivity index (χ1n) is 6.53. The second-order valence-electron chi connectivity index (χ2n) is 4.37. The van der Waals surface area contributed by atoms with Crippen molar-refractivity contribution in [1.29, 1.82) is 0 Å². The molecule has 0 unspecified atom stereocenters. The Morgan fingerprint density at radius 1 is 1.43 bits per heavy atom. The Morgan fingerprint density at radius 2 is 2.24 bits per heavy atom. The van der Waals surface area contributed by atoms with Crippen molar-refractivity contribution in [3.8, 4) is 5.75 Å². The molecule has 0 saturated heterocycles. The summed E-state index contributed by atoms with van der Waals surface area (Å²) >= 11 is 7.39. The molecule has 0 aliphatic carbocycles. The van der Waals surface area contributed by atoms with Crippen LogP contribution in [-0.4, -0.2) is 17.7 Å². The van der Waals surface area contributed by atoms with Gasteiger partial charge in [-0.25, -0.2) is 4.79 Å². The number of hydrogen-bond acceptors (Lipinski definition) is 3. The molecule has 0 atom stereocenters. The SMILES string of the molecule is CCCOc1ccc(Cl)cc1/C=C(\C(=O)O)c1cccs1. The van der Waals surface area contributed by atoms with Crippen LogP contribution in [0.3, 0.4) is 0 Å². The van der Waals surface area contributed by atoms with Gasteiger partial charge in [-0.15, -0.1) is 11.3 Å². The lowest BCUT2D eigenvalue weighted by Gasteiger charge is -2.09. The van der Waals surface area contributed by atoms with Crippen molar-refractivity contribution in [3.05, 3.63) is 51.2 Å². The predicted octanol–water partition coefficient (Wildman–Crippen LogP) is 4.82. The molecule has 0 bridgehead atoms. The quantitative estimate of drug-likeness (QED) is 0.776. The normalized spacial score (nSPS) is 11.4. The molecule has 1 heterocycles. The fraction of sp³-hybridized carbons (Fsp3) is 0.188. The third kappa shape index (κ3) is 4.09. The van der Waals surface area contributed by atoms with Crippen LogP contribution in [0.25, 0.3) is 11.6 Å². The van der Waals surface area contributed by atoms with Crippen molar-refractivity contribution in [1.82, 2.24) is 0 Å². The van der Waals surface area contributed by atoms with E-state index in [9.17, 15) is 9.90 Å². The fourth-order valence-corrected chi connectivity index (χ4v) is 2.72. The smallest absolute Gasteiger partial charge is 0.337 e. The summed E-state index contributed by atoms with van der Waals surface area (Å²) in [5, 5.41) is 11.8. The van der Waals surface area contributed by atoms with Crippen molar-refractivity contribution < 1.29 is 14.6 Å². The maximum atomic E-state index is 11.5. The van der Waals surface area contributed by atoms with Crippen LogP contribution in [0.1, 0.15) is 23.8 Å². The second kappa shape index (κ2) is 7.29. The summed E-state index contributed by atoms with van der Waals surface area (Å²) in [6.45, 7) is 2.59. The van der Waals surface area contributed by atoms with Gasteiger partial charge in [0, 0.05) is 15.5 Å². The zero-order chi connectivity index (χ0) is 15.2. The van der Waals surface area contributed by atoms with Gasteiger partial charge >= 0.3 is 5.97 Å². The topological polar surface area (TPSA) is 46.5 Å². The van der Waals surface area contributed by atoms with Gasteiger partial charge in [-0.1, -0.05) is 24.6 Å². The number of thiophene rings is 1. The van der Waals surface area contributed by atoms with Gasteiger partial charge in [0.05, 0.1) is 12.2 Å². The summed E-state index contributed by atoms with van der Waals surface area (Å²) in [7, 11) is 0. The zero-order valence-electron chi connectivity index (χ0n) is 11.5. The molecule has 0 saturated carbocycles. The molecule has 1 N–H and O–H groups in total. The number of carboxylic acid groups (broad SMARTS) is 1. The zero-order valence-corrected chi connectivity index (χ0v) is 13.1. The molecule has 21 heavy (non-hydrogen) atoms. The third-order valence-corrected chi connectivity index (χ3v) is 3.89. The maximum Gasteiger partial charge on any atom is 0.337 e. The van der Waals surface area contributed by atoms with Crippen molar-refractivity contribution >= 4 is 40.6 Å². The minimum Gasteiger partial charge on any atom is -0.493 e. The molecule has 110 valence electrons. The number of carboxylic acids is 1. The highest BCUT2D eigenvalue weighted by Gasteiger charge is 2.13. The second-order valence-corrected chi connectivity index (χ2v) is 5.76. The highest BCUT2D eigenvalue weighted by molar-refractivity contribution is 7.11. The number of ether oxygens (including phenoxy) is 1. The van der Waals surface area contributed by atoms with Gasteiger partial charge < -0.3 is 9.84 Å². The number of halogens is 1. The van der Waals surface area contributed by atoms with E-state index >= 15 is 0 Å². The lowest BCUT2D eigenvalue weighted by atomic mass is 10.1. The summed E-state index contributed by atoms with van der Waals surface area (Å²) in [6.07, 6.45) is 2.48. The Morgan fingerprint density at radius 3 is 2.86 bits per heavy atom. The van der Waals surface area contributed by atoms with Gasteiger partial charge in [0.15, 0.2) is 0 Å². The molecule has 0 aliphatic rings. The van der Waals surface area contributed by atoms with Crippen LogP contribution < -0.4 is 4.74 Å². The van der Waals surface area contributed by atoms with Crippen LogP contribution in [0, 0.1) is 0 Å². The largest absolute Gasteiger partial charge is 0.493 e. The molecule has 0 aliphatic heterocycles.